The Balaban J connectivity index is 2.08. The van der Waals surface area contributed by atoms with Crippen molar-refractivity contribution in [1.29, 1.82) is 0 Å². The molecule has 0 amide bonds. The number of aliphatic carboxylic acids is 1. The summed E-state index contributed by atoms with van der Waals surface area (Å²) in [5.74, 6) is 0.132. The first-order valence-electron chi connectivity index (χ1n) is 5.75. The van der Waals surface area contributed by atoms with Gasteiger partial charge in [0, 0.05) is 11.8 Å². The Morgan fingerprint density at radius 2 is 2.05 bits per heavy atom. The Hall–Kier alpha value is -2.63. The van der Waals surface area contributed by atoms with Crippen molar-refractivity contribution in [3.8, 4) is 0 Å². The Morgan fingerprint density at radius 1 is 1.26 bits per heavy atom. The minimum atomic E-state index is -0.938. The van der Waals surface area contributed by atoms with E-state index in [0.717, 1.165) is 11.3 Å². The monoisotopic (exact) mass is 258 g/mol. The van der Waals surface area contributed by atoms with Gasteiger partial charge >= 0.3 is 5.97 Å². The van der Waals surface area contributed by atoms with E-state index in [9.17, 15) is 4.79 Å². The number of nitrogens with one attached hydrogen (secondary N) is 2. The summed E-state index contributed by atoms with van der Waals surface area (Å²) >= 11 is 0. The summed E-state index contributed by atoms with van der Waals surface area (Å²) < 4.78 is 0. The number of nitrogens with zero attached hydrogens (tertiary/aromatic N) is 2. The van der Waals surface area contributed by atoms with Gasteiger partial charge in [-0.3, -0.25) is 4.79 Å². The van der Waals surface area contributed by atoms with Crippen LogP contribution in [0.1, 0.15) is 5.56 Å². The average Bonchev–Trinajstić information content (AvgIpc) is 2.37. The van der Waals surface area contributed by atoms with Gasteiger partial charge in [0.2, 0.25) is 0 Å². The zero-order valence-corrected chi connectivity index (χ0v) is 10.4. The van der Waals surface area contributed by atoms with Crippen LogP contribution in [0.3, 0.4) is 0 Å². The van der Waals surface area contributed by atoms with Crippen molar-refractivity contribution >= 4 is 23.3 Å². The lowest BCUT2D eigenvalue weighted by Gasteiger charge is -2.08. The number of carboxylic acid groups (broad SMARTS) is 1. The molecule has 0 aliphatic heterocycles. The molecule has 6 heteroatoms. The van der Waals surface area contributed by atoms with Crippen LogP contribution in [0.2, 0.25) is 0 Å². The molecule has 6 nitrogen and oxygen atoms in total. The number of benzene rings is 1. The van der Waals surface area contributed by atoms with Crippen LogP contribution < -0.4 is 10.6 Å². The van der Waals surface area contributed by atoms with Gasteiger partial charge < -0.3 is 15.7 Å². The fourth-order valence-electron chi connectivity index (χ4n) is 1.56. The van der Waals surface area contributed by atoms with Gasteiger partial charge in [0.1, 0.15) is 24.5 Å². The molecule has 0 spiro atoms. The van der Waals surface area contributed by atoms with E-state index in [1.54, 1.807) is 6.07 Å². The molecule has 2 rings (SSSR count). The van der Waals surface area contributed by atoms with Crippen molar-refractivity contribution in [3.05, 3.63) is 42.2 Å². The largest absolute Gasteiger partial charge is 0.480 e. The molecule has 98 valence electrons. The minimum Gasteiger partial charge on any atom is -0.480 e. The number of hydrogen-bond acceptors (Lipinski definition) is 5. The number of carbonyl (C=O) groups is 1. The standard InChI is InChI=1S/C13H14N4O2/c1-9-3-2-4-10(5-9)17-12-6-11(15-8-16-12)14-7-13(18)19/h2-6,8H,7H2,1H3,(H,18,19)(H2,14,15,16,17). The Bertz CT molecular complexity index is 586. The number of aromatic nitrogens is 2. The molecular formula is C13H14N4O2. The van der Waals surface area contributed by atoms with Crippen LogP contribution in [0.4, 0.5) is 17.3 Å². The fraction of sp³-hybridized carbons (Fsp3) is 0.154. The van der Waals surface area contributed by atoms with Gasteiger partial charge in [0.05, 0.1) is 0 Å². The minimum absolute atomic E-state index is 0.180. The Morgan fingerprint density at radius 3 is 2.79 bits per heavy atom. The average molecular weight is 258 g/mol. The molecule has 0 aliphatic carbocycles. The van der Waals surface area contributed by atoms with E-state index in [4.69, 9.17) is 5.11 Å². The number of hydrogen-bond donors (Lipinski definition) is 3. The number of rotatable bonds is 5. The molecule has 0 bridgehead atoms. The molecule has 19 heavy (non-hydrogen) atoms. The van der Waals surface area contributed by atoms with E-state index in [-0.39, 0.29) is 6.54 Å². The van der Waals surface area contributed by atoms with E-state index in [0.29, 0.717) is 11.6 Å². The first-order valence-corrected chi connectivity index (χ1v) is 5.75. The molecule has 0 saturated carbocycles. The van der Waals surface area contributed by atoms with Crippen LogP contribution in [0.25, 0.3) is 0 Å². The van der Waals surface area contributed by atoms with E-state index in [1.807, 2.05) is 31.2 Å². The smallest absolute Gasteiger partial charge is 0.322 e. The summed E-state index contributed by atoms with van der Waals surface area (Å²) in [6, 6.07) is 9.53. The van der Waals surface area contributed by atoms with Crippen molar-refractivity contribution < 1.29 is 9.90 Å². The summed E-state index contributed by atoms with van der Waals surface area (Å²) in [7, 11) is 0. The van der Waals surface area contributed by atoms with Gasteiger partial charge in [-0.05, 0) is 24.6 Å². The van der Waals surface area contributed by atoms with Gasteiger partial charge in [-0.2, -0.15) is 0 Å². The summed E-state index contributed by atoms with van der Waals surface area (Å²) in [6.07, 6.45) is 1.38. The lowest BCUT2D eigenvalue weighted by Crippen LogP contribution is -2.13. The third-order valence-corrected chi connectivity index (χ3v) is 2.38. The van der Waals surface area contributed by atoms with Crippen molar-refractivity contribution in [2.75, 3.05) is 17.2 Å². The highest BCUT2D eigenvalue weighted by Gasteiger charge is 2.01. The number of aryl methyl sites for hydroxylation is 1. The maximum Gasteiger partial charge on any atom is 0.322 e. The van der Waals surface area contributed by atoms with Crippen molar-refractivity contribution in [2.45, 2.75) is 6.92 Å². The summed E-state index contributed by atoms with van der Waals surface area (Å²) in [6.45, 7) is 1.83. The molecule has 1 heterocycles. The topological polar surface area (TPSA) is 87.1 Å². The maximum atomic E-state index is 10.5. The Kier molecular flexibility index (Phi) is 3.92. The van der Waals surface area contributed by atoms with Crippen LogP contribution in [0.15, 0.2) is 36.7 Å². The molecule has 0 radical (unpaired) electrons. The second kappa shape index (κ2) is 5.81. The van der Waals surface area contributed by atoms with E-state index in [1.165, 1.54) is 6.33 Å². The molecule has 1 aromatic heterocycles. The molecule has 1 aromatic carbocycles. The normalized spacial score (nSPS) is 9.95. The fourth-order valence-corrected chi connectivity index (χ4v) is 1.56. The predicted molar refractivity (Wildman–Crippen MR) is 72.6 cm³/mol. The molecule has 0 aliphatic rings. The number of carboxylic acids is 1. The highest BCUT2D eigenvalue weighted by Crippen LogP contribution is 2.16. The van der Waals surface area contributed by atoms with Crippen LogP contribution in [0.5, 0.6) is 0 Å². The van der Waals surface area contributed by atoms with Crippen LogP contribution in [0, 0.1) is 6.92 Å². The van der Waals surface area contributed by atoms with Crippen molar-refractivity contribution in [1.82, 2.24) is 9.97 Å². The highest BCUT2D eigenvalue weighted by atomic mass is 16.4. The molecule has 0 atom stereocenters. The van der Waals surface area contributed by atoms with Gasteiger partial charge in [-0.25, -0.2) is 9.97 Å². The van der Waals surface area contributed by atoms with Crippen molar-refractivity contribution in [2.24, 2.45) is 0 Å². The molecule has 3 N–H and O–H groups in total. The quantitative estimate of drug-likeness (QED) is 0.760. The zero-order valence-electron chi connectivity index (χ0n) is 10.4. The maximum absolute atomic E-state index is 10.5. The third kappa shape index (κ3) is 3.95. The SMILES string of the molecule is Cc1cccc(Nc2cc(NCC(=O)O)ncn2)c1. The second-order valence-corrected chi connectivity index (χ2v) is 4.03. The predicted octanol–water partition coefficient (Wildman–Crippen LogP) is 2.03. The van der Waals surface area contributed by atoms with Gasteiger partial charge in [0.25, 0.3) is 0 Å². The van der Waals surface area contributed by atoms with E-state index >= 15 is 0 Å². The number of anilines is 3. The van der Waals surface area contributed by atoms with Gasteiger partial charge in [-0.15, -0.1) is 0 Å². The molecule has 2 aromatic rings. The van der Waals surface area contributed by atoms with Crippen LogP contribution in [-0.2, 0) is 4.79 Å². The summed E-state index contributed by atoms with van der Waals surface area (Å²) in [5.41, 5.74) is 2.06. The summed E-state index contributed by atoms with van der Waals surface area (Å²) in [5, 5.41) is 14.4. The third-order valence-electron chi connectivity index (χ3n) is 2.38. The first kappa shape index (κ1) is 12.8. The lowest BCUT2D eigenvalue weighted by molar-refractivity contribution is -0.134. The van der Waals surface area contributed by atoms with E-state index < -0.39 is 5.97 Å². The van der Waals surface area contributed by atoms with Gasteiger partial charge in [-0.1, -0.05) is 12.1 Å². The van der Waals surface area contributed by atoms with Gasteiger partial charge in [0.15, 0.2) is 0 Å². The highest BCUT2D eigenvalue weighted by molar-refractivity contribution is 5.72. The summed E-state index contributed by atoms with van der Waals surface area (Å²) in [4.78, 5) is 18.5. The first-order chi connectivity index (χ1) is 9.13. The zero-order chi connectivity index (χ0) is 13.7. The molecule has 0 unspecified atom stereocenters. The second-order valence-electron chi connectivity index (χ2n) is 4.03. The van der Waals surface area contributed by atoms with Crippen molar-refractivity contribution in [3.63, 3.8) is 0 Å². The molecular weight excluding hydrogens is 244 g/mol. The van der Waals surface area contributed by atoms with Crippen LogP contribution in [-0.4, -0.2) is 27.6 Å². The Labute approximate surface area is 110 Å². The molecule has 0 saturated heterocycles. The lowest BCUT2D eigenvalue weighted by atomic mass is 10.2. The van der Waals surface area contributed by atoms with E-state index in [2.05, 4.69) is 20.6 Å². The van der Waals surface area contributed by atoms with Crippen LogP contribution >= 0.6 is 0 Å². The molecule has 0 fully saturated rings.